The van der Waals surface area contributed by atoms with Crippen molar-refractivity contribution < 1.29 is 4.74 Å². The van der Waals surface area contributed by atoms with Crippen LogP contribution in [0.2, 0.25) is 0 Å². The number of hydrogen-bond donors (Lipinski definition) is 1. The molecule has 0 fully saturated rings. The Morgan fingerprint density at radius 2 is 1.92 bits per heavy atom. The van der Waals surface area contributed by atoms with E-state index in [0.29, 0.717) is 11.6 Å². The number of aromatic amines is 1. The van der Waals surface area contributed by atoms with Crippen LogP contribution in [0.3, 0.4) is 0 Å². The molecule has 4 rings (SSSR count). The summed E-state index contributed by atoms with van der Waals surface area (Å²) < 4.78 is 5.86. The fourth-order valence-electron chi connectivity index (χ4n) is 2.50. The predicted octanol–water partition coefficient (Wildman–Crippen LogP) is 5.59. The molecule has 26 heavy (non-hydrogen) atoms. The van der Waals surface area contributed by atoms with Gasteiger partial charge in [-0.3, -0.25) is 0 Å². The molecule has 126 valence electrons. The minimum Gasteiger partial charge on any atom is -0.457 e. The lowest BCUT2D eigenvalue weighted by atomic mass is 10.3. The molecular formula is C20H14N4OS. The van der Waals surface area contributed by atoms with Gasteiger partial charge in [0, 0.05) is 11.0 Å². The smallest absolute Gasteiger partial charge is 0.270 e. The van der Waals surface area contributed by atoms with Crippen molar-refractivity contribution in [1.29, 1.82) is 0 Å². The predicted molar refractivity (Wildman–Crippen MR) is 103 cm³/mol. The number of fused-ring (bicyclic) bond motifs is 1. The van der Waals surface area contributed by atoms with Gasteiger partial charge in [-0.2, -0.15) is 0 Å². The Morgan fingerprint density at radius 3 is 2.77 bits per heavy atom. The van der Waals surface area contributed by atoms with E-state index < -0.39 is 0 Å². The highest BCUT2D eigenvalue weighted by Gasteiger charge is 2.06. The molecule has 6 heteroatoms. The Labute approximate surface area is 154 Å². The average Bonchev–Trinajstić information content (AvgIpc) is 3.09. The van der Waals surface area contributed by atoms with Crippen molar-refractivity contribution in [2.24, 2.45) is 0 Å². The van der Waals surface area contributed by atoms with E-state index in [1.807, 2.05) is 54.6 Å². The second-order valence-corrected chi connectivity index (χ2v) is 6.58. The van der Waals surface area contributed by atoms with Gasteiger partial charge >= 0.3 is 0 Å². The van der Waals surface area contributed by atoms with Crippen LogP contribution in [-0.2, 0) is 5.75 Å². The van der Waals surface area contributed by atoms with Gasteiger partial charge in [-0.15, -0.1) is 16.7 Å². The normalized spacial score (nSPS) is 10.6. The van der Waals surface area contributed by atoms with Crippen molar-refractivity contribution in [3.63, 3.8) is 0 Å². The monoisotopic (exact) mass is 358 g/mol. The molecule has 0 saturated carbocycles. The van der Waals surface area contributed by atoms with E-state index in [9.17, 15) is 0 Å². The molecule has 0 radical (unpaired) electrons. The first kappa shape index (κ1) is 16.2. The van der Waals surface area contributed by atoms with Crippen molar-refractivity contribution in [2.45, 2.75) is 10.6 Å². The Morgan fingerprint density at radius 1 is 1.04 bits per heavy atom. The van der Waals surface area contributed by atoms with Crippen LogP contribution in [0.1, 0.15) is 5.82 Å². The number of benzene rings is 2. The van der Waals surface area contributed by atoms with E-state index >= 15 is 0 Å². The van der Waals surface area contributed by atoms with Crippen LogP contribution in [0, 0.1) is 6.57 Å². The highest BCUT2D eigenvalue weighted by Crippen LogP contribution is 2.27. The summed E-state index contributed by atoms with van der Waals surface area (Å²) in [4.78, 5) is 16.3. The molecule has 2 heterocycles. The number of rotatable bonds is 5. The lowest BCUT2D eigenvalue weighted by Gasteiger charge is -2.04. The number of pyridine rings is 1. The van der Waals surface area contributed by atoms with E-state index in [0.717, 1.165) is 33.3 Å². The molecule has 0 aliphatic carbocycles. The molecule has 0 atom stereocenters. The molecule has 0 saturated heterocycles. The molecule has 5 nitrogen and oxygen atoms in total. The van der Waals surface area contributed by atoms with Gasteiger partial charge in [0.05, 0.1) is 16.8 Å². The molecule has 0 amide bonds. The maximum absolute atomic E-state index is 7.03. The van der Waals surface area contributed by atoms with Crippen LogP contribution in [0.5, 0.6) is 11.5 Å². The summed E-state index contributed by atoms with van der Waals surface area (Å²) in [6.07, 6.45) is 1.65. The first-order valence-electron chi connectivity index (χ1n) is 7.98. The Bertz CT molecular complexity index is 1090. The highest BCUT2D eigenvalue weighted by atomic mass is 32.2. The van der Waals surface area contributed by atoms with Gasteiger partial charge in [0.25, 0.3) is 5.82 Å². The van der Waals surface area contributed by atoms with Gasteiger partial charge in [-0.25, -0.2) is 4.98 Å². The molecule has 0 aliphatic rings. The molecule has 0 bridgehead atoms. The van der Waals surface area contributed by atoms with Gasteiger partial charge in [0.1, 0.15) is 23.5 Å². The van der Waals surface area contributed by atoms with Crippen molar-refractivity contribution in [1.82, 2.24) is 15.0 Å². The standard InChI is InChI=1S/C20H14N4OS/c1-21-19-12-16(9-10-22-19)26-13-20-23-17-8-7-15(11-18(17)24-20)25-14-5-3-2-4-6-14/h2-12H,13H2,(H,23,24). The van der Waals surface area contributed by atoms with Crippen LogP contribution in [0.25, 0.3) is 15.9 Å². The van der Waals surface area contributed by atoms with E-state index in [2.05, 4.69) is 19.8 Å². The molecule has 4 aromatic rings. The zero-order valence-corrected chi connectivity index (χ0v) is 14.5. The minimum atomic E-state index is 0.405. The third-order valence-electron chi connectivity index (χ3n) is 3.69. The van der Waals surface area contributed by atoms with Crippen molar-refractivity contribution in [3.8, 4) is 11.5 Å². The van der Waals surface area contributed by atoms with Gasteiger partial charge in [-0.1, -0.05) is 24.8 Å². The third kappa shape index (κ3) is 3.68. The van der Waals surface area contributed by atoms with Crippen LogP contribution in [0.15, 0.2) is 71.8 Å². The summed E-state index contributed by atoms with van der Waals surface area (Å²) in [5.74, 6) is 3.54. The van der Waals surface area contributed by atoms with Gasteiger partial charge in [0.2, 0.25) is 0 Å². The van der Waals surface area contributed by atoms with Crippen LogP contribution >= 0.6 is 11.8 Å². The van der Waals surface area contributed by atoms with E-state index in [-0.39, 0.29) is 0 Å². The zero-order valence-electron chi connectivity index (χ0n) is 13.7. The number of nitrogens with one attached hydrogen (secondary N) is 1. The summed E-state index contributed by atoms with van der Waals surface area (Å²) in [6, 6.07) is 19.2. The van der Waals surface area contributed by atoms with Crippen molar-refractivity contribution >= 4 is 28.6 Å². The van der Waals surface area contributed by atoms with Gasteiger partial charge in [0.15, 0.2) is 0 Å². The average molecular weight is 358 g/mol. The molecule has 1 N–H and O–H groups in total. The lowest BCUT2D eigenvalue weighted by Crippen LogP contribution is -1.83. The number of aromatic nitrogens is 3. The number of imidazole rings is 1. The SMILES string of the molecule is [C-]#[N+]c1cc(SCc2nc3ccc(Oc4ccccc4)cc3[nH]2)ccn1. The number of ether oxygens (including phenoxy) is 1. The zero-order chi connectivity index (χ0) is 17.8. The number of para-hydroxylation sites is 1. The summed E-state index contributed by atoms with van der Waals surface area (Å²) in [7, 11) is 0. The highest BCUT2D eigenvalue weighted by molar-refractivity contribution is 7.98. The first-order valence-corrected chi connectivity index (χ1v) is 8.96. The molecular weight excluding hydrogens is 344 g/mol. The number of H-pyrrole nitrogens is 1. The topological polar surface area (TPSA) is 55.2 Å². The Kier molecular flexibility index (Phi) is 4.54. The lowest BCUT2D eigenvalue weighted by molar-refractivity contribution is 0.483. The second kappa shape index (κ2) is 7.30. The van der Waals surface area contributed by atoms with Gasteiger partial charge < -0.3 is 14.6 Å². The number of hydrogen-bond acceptors (Lipinski definition) is 4. The largest absolute Gasteiger partial charge is 0.457 e. The molecule has 0 unspecified atom stereocenters. The Balaban J connectivity index is 1.49. The van der Waals surface area contributed by atoms with Crippen molar-refractivity contribution in [3.05, 3.63) is 84.1 Å². The van der Waals surface area contributed by atoms with E-state index in [1.165, 1.54) is 0 Å². The third-order valence-corrected chi connectivity index (χ3v) is 4.69. The Hall–Kier alpha value is -3.30. The number of thioether (sulfide) groups is 1. The first-order chi connectivity index (χ1) is 12.8. The second-order valence-electron chi connectivity index (χ2n) is 5.53. The summed E-state index contributed by atoms with van der Waals surface area (Å²) >= 11 is 1.62. The maximum atomic E-state index is 7.03. The summed E-state index contributed by atoms with van der Waals surface area (Å²) in [6.45, 7) is 7.03. The fourth-order valence-corrected chi connectivity index (χ4v) is 3.29. The van der Waals surface area contributed by atoms with Crippen LogP contribution in [0.4, 0.5) is 5.82 Å². The molecule has 0 aliphatic heterocycles. The minimum absolute atomic E-state index is 0.405. The van der Waals surface area contributed by atoms with E-state index in [1.54, 1.807) is 24.0 Å². The quantitative estimate of drug-likeness (QED) is 0.373. The van der Waals surface area contributed by atoms with Crippen LogP contribution in [-0.4, -0.2) is 15.0 Å². The molecule has 2 aromatic carbocycles. The summed E-state index contributed by atoms with van der Waals surface area (Å²) in [5.41, 5.74) is 1.84. The van der Waals surface area contributed by atoms with Crippen LogP contribution < -0.4 is 4.74 Å². The molecule has 2 aromatic heterocycles. The number of nitrogens with zero attached hydrogens (tertiary/aromatic N) is 3. The van der Waals surface area contributed by atoms with Gasteiger partial charge in [-0.05, 0) is 36.4 Å². The van der Waals surface area contributed by atoms with E-state index in [4.69, 9.17) is 11.3 Å². The maximum Gasteiger partial charge on any atom is 0.270 e. The fraction of sp³-hybridized carbons (Fsp3) is 0.0500. The molecule has 0 spiro atoms. The summed E-state index contributed by atoms with van der Waals surface area (Å²) in [5, 5.41) is 0. The van der Waals surface area contributed by atoms with Crippen molar-refractivity contribution in [2.75, 3.05) is 0 Å².